The van der Waals surface area contributed by atoms with Crippen LogP contribution in [0.5, 0.6) is 0 Å². The molecule has 4 heterocycles. The summed E-state index contributed by atoms with van der Waals surface area (Å²) in [6, 6.07) is 9.80. The number of aromatic nitrogens is 3. The minimum Gasteiger partial charge on any atom is -0.371 e. The van der Waals surface area contributed by atoms with Crippen LogP contribution in [0.25, 0.3) is 11.0 Å². The molecule has 1 fully saturated rings. The molecular formula is C24H23F2N5OS. The number of nitrogens with one attached hydrogen (secondary N) is 1. The Bertz CT molecular complexity index is 1300. The highest BCUT2D eigenvalue weighted by molar-refractivity contribution is 7.09. The number of carbonyl (C=O) groups is 1. The number of nitrogens with zero attached hydrogens (tertiary/aromatic N) is 4. The lowest BCUT2D eigenvalue weighted by Crippen LogP contribution is -2.31. The number of fused-ring (bicyclic) bond motifs is 1. The average molecular weight is 468 g/mol. The second-order valence-electron chi connectivity index (χ2n) is 8.34. The maximum Gasteiger partial charge on any atom is 0.252 e. The summed E-state index contributed by atoms with van der Waals surface area (Å²) in [7, 11) is 0. The zero-order chi connectivity index (χ0) is 22.9. The number of halogens is 2. The molecule has 0 spiro atoms. The molecule has 1 saturated heterocycles. The van der Waals surface area contributed by atoms with Crippen molar-refractivity contribution in [2.45, 2.75) is 19.9 Å². The van der Waals surface area contributed by atoms with Crippen LogP contribution in [0, 0.1) is 24.5 Å². The van der Waals surface area contributed by atoms with Gasteiger partial charge in [-0.2, -0.15) is 5.10 Å². The SMILES string of the molecule is Cc1cc(C(=O)NCC2CCN(c3ccc(F)c(F)c3)C2)c2cnn(Cc3cccs3)c2n1. The van der Waals surface area contributed by atoms with Crippen LogP contribution in [0.3, 0.4) is 0 Å². The molecule has 1 aliphatic heterocycles. The normalized spacial score (nSPS) is 16.0. The van der Waals surface area contributed by atoms with Gasteiger partial charge in [0.15, 0.2) is 17.3 Å². The van der Waals surface area contributed by atoms with E-state index in [-0.39, 0.29) is 11.8 Å². The number of pyridine rings is 1. The smallest absolute Gasteiger partial charge is 0.252 e. The van der Waals surface area contributed by atoms with Crippen LogP contribution >= 0.6 is 11.3 Å². The van der Waals surface area contributed by atoms with Gasteiger partial charge in [-0.05, 0) is 48.9 Å². The summed E-state index contributed by atoms with van der Waals surface area (Å²) >= 11 is 1.66. The maximum absolute atomic E-state index is 13.6. The maximum atomic E-state index is 13.6. The molecule has 5 rings (SSSR count). The topological polar surface area (TPSA) is 63.1 Å². The Kier molecular flexibility index (Phi) is 5.80. The van der Waals surface area contributed by atoms with E-state index in [9.17, 15) is 13.6 Å². The van der Waals surface area contributed by atoms with Crippen molar-refractivity contribution in [3.05, 3.63) is 75.7 Å². The number of anilines is 1. The van der Waals surface area contributed by atoms with Gasteiger partial charge in [0, 0.05) is 42.0 Å². The van der Waals surface area contributed by atoms with Crippen molar-refractivity contribution < 1.29 is 13.6 Å². The summed E-state index contributed by atoms with van der Waals surface area (Å²) < 4.78 is 28.6. The van der Waals surface area contributed by atoms with E-state index in [0.717, 1.165) is 30.1 Å². The number of benzene rings is 1. The molecule has 9 heteroatoms. The van der Waals surface area contributed by atoms with E-state index in [4.69, 9.17) is 0 Å². The molecule has 3 aromatic heterocycles. The van der Waals surface area contributed by atoms with Gasteiger partial charge in [0.2, 0.25) is 0 Å². The Morgan fingerprint density at radius 3 is 2.91 bits per heavy atom. The van der Waals surface area contributed by atoms with Crippen molar-refractivity contribution in [3.63, 3.8) is 0 Å². The van der Waals surface area contributed by atoms with E-state index in [2.05, 4.69) is 15.4 Å². The molecule has 0 saturated carbocycles. The molecule has 170 valence electrons. The number of rotatable bonds is 6. The number of aryl methyl sites for hydroxylation is 1. The number of carbonyl (C=O) groups excluding carboxylic acids is 1. The predicted molar refractivity (Wildman–Crippen MR) is 125 cm³/mol. The first-order chi connectivity index (χ1) is 16.0. The Morgan fingerprint density at radius 1 is 1.24 bits per heavy atom. The summed E-state index contributed by atoms with van der Waals surface area (Å²) in [5.74, 6) is -1.63. The standard InChI is InChI=1S/C24H23F2N5OS/c1-15-9-19(20-12-28-31(23(20)29-15)14-18-3-2-8-33-18)24(32)27-11-16-6-7-30(13-16)17-4-5-21(25)22(26)10-17/h2-5,8-10,12,16H,6-7,11,13-14H2,1H3,(H,27,32). The van der Waals surface area contributed by atoms with Crippen molar-refractivity contribution in [3.8, 4) is 0 Å². The fourth-order valence-corrected chi connectivity index (χ4v) is 4.96. The van der Waals surface area contributed by atoms with Crippen LogP contribution in [0.15, 0.2) is 48.0 Å². The quantitative estimate of drug-likeness (QED) is 0.457. The number of hydrogen-bond acceptors (Lipinski definition) is 5. The zero-order valence-electron chi connectivity index (χ0n) is 18.1. The van der Waals surface area contributed by atoms with Crippen molar-refractivity contribution >= 4 is 34.0 Å². The van der Waals surface area contributed by atoms with Crippen LogP contribution in [0.4, 0.5) is 14.5 Å². The molecule has 1 aromatic carbocycles. The summed E-state index contributed by atoms with van der Waals surface area (Å²) in [4.78, 5) is 20.8. The number of thiophene rings is 1. The highest BCUT2D eigenvalue weighted by atomic mass is 32.1. The third-order valence-electron chi connectivity index (χ3n) is 5.97. The van der Waals surface area contributed by atoms with Crippen molar-refractivity contribution in [2.24, 2.45) is 5.92 Å². The van der Waals surface area contributed by atoms with Crippen molar-refractivity contribution in [1.29, 1.82) is 0 Å². The summed E-state index contributed by atoms with van der Waals surface area (Å²) in [6.07, 6.45) is 2.56. The summed E-state index contributed by atoms with van der Waals surface area (Å²) in [6.45, 7) is 4.40. The third-order valence-corrected chi connectivity index (χ3v) is 6.83. The number of amides is 1. The van der Waals surface area contributed by atoms with Gasteiger partial charge in [-0.3, -0.25) is 4.79 Å². The van der Waals surface area contributed by atoms with Crippen molar-refractivity contribution in [1.82, 2.24) is 20.1 Å². The number of hydrogen-bond donors (Lipinski definition) is 1. The minimum atomic E-state index is -0.848. The molecule has 1 amide bonds. The van der Waals surface area contributed by atoms with Gasteiger partial charge < -0.3 is 10.2 Å². The molecule has 1 aliphatic rings. The lowest BCUT2D eigenvalue weighted by molar-refractivity contribution is 0.0949. The van der Waals surface area contributed by atoms with Gasteiger partial charge >= 0.3 is 0 Å². The van der Waals surface area contributed by atoms with Gasteiger partial charge in [-0.1, -0.05) is 6.07 Å². The zero-order valence-corrected chi connectivity index (χ0v) is 18.9. The van der Waals surface area contributed by atoms with E-state index in [1.54, 1.807) is 29.7 Å². The molecule has 0 bridgehead atoms. The van der Waals surface area contributed by atoms with Crippen LogP contribution < -0.4 is 10.2 Å². The third kappa shape index (κ3) is 4.45. The molecule has 4 aromatic rings. The second kappa shape index (κ2) is 8.90. The summed E-state index contributed by atoms with van der Waals surface area (Å²) in [5.41, 5.74) is 2.67. The molecule has 6 nitrogen and oxygen atoms in total. The Balaban J connectivity index is 1.27. The highest BCUT2D eigenvalue weighted by Gasteiger charge is 2.24. The van der Waals surface area contributed by atoms with E-state index >= 15 is 0 Å². The highest BCUT2D eigenvalue weighted by Crippen LogP contribution is 2.25. The van der Waals surface area contributed by atoms with Crippen LogP contribution in [0.2, 0.25) is 0 Å². The van der Waals surface area contributed by atoms with Crippen LogP contribution in [-0.2, 0) is 6.54 Å². The van der Waals surface area contributed by atoms with E-state index in [1.807, 2.05) is 34.0 Å². The summed E-state index contributed by atoms with van der Waals surface area (Å²) in [5, 5.41) is 10.3. The van der Waals surface area contributed by atoms with Gasteiger partial charge in [0.1, 0.15) is 0 Å². The Morgan fingerprint density at radius 2 is 2.12 bits per heavy atom. The van der Waals surface area contributed by atoms with Crippen LogP contribution in [-0.4, -0.2) is 40.3 Å². The van der Waals surface area contributed by atoms with Gasteiger partial charge in [-0.15, -0.1) is 11.3 Å². The molecule has 33 heavy (non-hydrogen) atoms. The molecular weight excluding hydrogens is 444 g/mol. The first-order valence-corrected chi connectivity index (χ1v) is 11.7. The average Bonchev–Trinajstić information content (AvgIpc) is 3.56. The monoisotopic (exact) mass is 467 g/mol. The minimum absolute atomic E-state index is 0.160. The van der Waals surface area contributed by atoms with Gasteiger partial charge in [0.05, 0.1) is 23.7 Å². The lowest BCUT2D eigenvalue weighted by atomic mass is 10.1. The molecule has 1 atom stereocenters. The fourth-order valence-electron chi connectivity index (χ4n) is 4.27. The first kappa shape index (κ1) is 21.5. The molecule has 1 unspecified atom stereocenters. The largest absolute Gasteiger partial charge is 0.371 e. The lowest BCUT2D eigenvalue weighted by Gasteiger charge is -2.19. The first-order valence-electron chi connectivity index (χ1n) is 10.8. The molecule has 1 N–H and O–H groups in total. The van der Waals surface area contributed by atoms with Crippen LogP contribution in [0.1, 0.15) is 27.3 Å². The van der Waals surface area contributed by atoms with E-state index in [0.29, 0.717) is 36.5 Å². The second-order valence-corrected chi connectivity index (χ2v) is 9.37. The fraction of sp³-hybridized carbons (Fsp3) is 0.292. The van der Waals surface area contributed by atoms with Gasteiger partial charge in [0.25, 0.3) is 5.91 Å². The van der Waals surface area contributed by atoms with E-state index < -0.39 is 11.6 Å². The molecule has 0 aliphatic carbocycles. The Hall–Kier alpha value is -3.33. The molecule has 0 radical (unpaired) electrons. The van der Waals surface area contributed by atoms with E-state index in [1.165, 1.54) is 10.9 Å². The van der Waals surface area contributed by atoms with Crippen molar-refractivity contribution in [2.75, 3.05) is 24.5 Å². The predicted octanol–water partition coefficient (Wildman–Crippen LogP) is 4.38. The Labute approximate surface area is 193 Å². The van der Waals surface area contributed by atoms with Gasteiger partial charge in [-0.25, -0.2) is 18.4 Å².